The van der Waals surface area contributed by atoms with E-state index in [1.165, 1.54) is 0 Å². The normalized spacial score (nSPS) is 23.6. The van der Waals surface area contributed by atoms with Gasteiger partial charge in [0.05, 0.1) is 12.2 Å². The quantitative estimate of drug-likeness (QED) is 0.775. The molecule has 0 aliphatic carbocycles. The van der Waals surface area contributed by atoms with Crippen molar-refractivity contribution in [1.82, 2.24) is 4.90 Å². The fraction of sp³-hybridized carbons (Fsp3) is 0.562. The van der Waals surface area contributed by atoms with Crippen LogP contribution >= 0.6 is 0 Å². The molecule has 0 N–H and O–H groups in total. The van der Waals surface area contributed by atoms with E-state index in [1.54, 1.807) is 19.1 Å². The summed E-state index contributed by atoms with van der Waals surface area (Å²) in [4.78, 5) is 13.7. The zero-order chi connectivity index (χ0) is 14.5. The Morgan fingerprint density at radius 2 is 2.05 bits per heavy atom. The number of ketones is 1. The van der Waals surface area contributed by atoms with Gasteiger partial charge in [-0.05, 0) is 32.9 Å². The highest BCUT2D eigenvalue weighted by molar-refractivity contribution is 5.94. The third-order valence-corrected chi connectivity index (χ3v) is 3.41. The van der Waals surface area contributed by atoms with Crippen molar-refractivity contribution in [3.63, 3.8) is 0 Å². The molecule has 0 spiro atoms. The molecule has 1 aliphatic rings. The van der Waals surface area contributed by atoms with Gasteiger partial charge in [0.25, 0.3) is 0 Å². The molecule has 4 heteroatoms. The van der Waals surface area contributed by atoms with E-state index in [-0.39, 0.29) is 18.0 Å². The SMILES string of the molecule is CC(=O)c1cccc(OCCN2C[C@H](C)O[C@@H](C)C2)c1. The third kappa shape index (κ3) is 4.32. The number of carbonyl (C=O) groups is 1. The van der Waals surface area contributed by atoms with E-state index in [4.69, 9.17) is 9.47 Å². The van der Waals surface area contributed by atoms with E-state index in [0.717, 1.165) is 25.4 Å². The van der Waals surface area contributed by atoms with Gasteiger partial charge < -0.3 is 9.47 Å². The Morgan fingerprint density at radius 1 is 1.35 bits per heavy atom. The summed E-state index contributed by atoms with van der Waals surface area (Å²) >= 11 is 0. The Hall–Kier alpha value is -1.39. The molecular weight excluding hydrogens is 254 g/mol. The summed E-state index contributed by atoms with van der Waals surface area (Å²) in [6, 6.07) is 7.34. The van der Waals surface area contributed by atoms with Gasteiger partial charge in [-0.2, -0.15) is 0 Å². The van der Waals surface area contributed by atoms with Crippen LogP contribution in [0.25, 0.3) is 0 Å². The molecule has 1 fully saturated rings. The summed E-state index contributed by atoms with van der Waals surface area (Å²) in [6.07, 6.45) is 0.555. The van der Waals surface area contributed by atoms with Crippen LogP contribution in [-0.4, -0.2) is 49.1 Å². The van der Waals surface area contributed by atoms with Gasteiger partial charge in [-0.25, -0.2) is 0 Å². The van der Waals surface area contributed by atoms with Crippen molar-refractivity contribution in [3.05, 3.63) is 29.8 Å². The standard InChI is InChI=1S/C16H23NO3/c1-12-10-17(11-13(2)20-12)7-8-19-16-6-4-5-15(9-16)14(3)18/h4-6,9,12-13H,7-8,10-11H2,1-3H3/t12-,13-/m0/s1. The van der Waals surface area contributed by atoms with Crippen molar-refractivity contribution in [1.29, 1.82) is 0 Å². The molecule has 0 amide bonds. The van der Waals surface area contributed by atoms with Crippen LogP contribution in [0.4, 0.5) is 0 Å². The maximum Gasteiger partial charge on any atom is 0.159 e. The topological polar surface area (TPSA) is 38.8 Å². The van der Waals surface area contributed by atoms with Gasteiger partial charge in [-0.3, -0.25) is 9.69 Å². The summed E-state index contributed by atoms with van der Waals surface area (Å²) in [5.74, 6) is 0.818. The van der Waals surface area contributed by atoms with Crippen LogP contribution in [0.3, 0.4) is 0 Å². The molecule has 0 bridgehead atoms. The zero-order valence-electron chi connectivity index (χ0n) is 12.5. The van der Waals surface area contributed by atoms with Crippen molar-refractivity contribution in [2.75, 3.05) is 26.2 Å². The molecule has 0 saturated carbocycles. The highest BCUT2D eigenvalue weighted by atomic mass is 16.5. The molecule has 4 nitrogen and oxygen atoms in total. The molecule has 110 valence electrons. The van der Waals surface area contributed by atoms with Crippen LogP contribution in [0.5, 0.6) is 5.75 Å². The first-order valence-corrected chi connectivity index (χ1v) is 7.16. The molecule has 1 aromatic rings. The Morgan fingerprint density at radius 3 is 2.70 bits per heavy atom. The highest BCUT2D eigenvalue weighted by Gasteiger charge is 2.21. The first-order chi connectivity index (χ1) is 9.54. The lowest BCUT2D eigenvalue weighted by molar-refractivity contribution is -0.0699. The van der Waals surface area contributed by atoms with Crippen LogP contribution in [0, 0.1) is 0 Å². The third-order valence-electron chi connectivity index (χ3n) is 3.41. The summed E-state index contributed by atoms with van der Waals surface area (Å²) in [7, 11) is 0. The fourth-order valence-corrected chi connectivity index (χ4v) is 2.56. The highest BCUT2D eigenvalue weighted by Crippen LogP contribution is 2.14. The number of morpholine rings is 1. The second kappa shape index (κ2) is 6.86. The van der Waals surface area contributed by atoms with Gasteiger partial charge in [0.2, 0.25) is 0 Å². The molecule has 0 radical (unpaired) electrons. The van der Waals surface area contributed by atoms with Crippen LogP contribution in [0.15, 0.2) is 24.3 Å². The minimum absolute atomic E-state index is 0.0614. The molecule has 1 heterocycles. The number of carbonyl (C=O) groups excluding carboxylic acids is 1. The summed E-state index contributed by atoms with van der Waals surface area (Å²) in [6.45, 7) is 9.15. The molecule has 1 aromatic carbocycles. The lowest BCUT2D eigenvalue weighted by Crippen LogP contribution is -2.46. The van der Waals surface area contributed by atoms with Crippen LogP contribution in [-0.2, 0) is 4.74 Å². The Balaban J connectivity index is 1.81. The first kappa shape index (κ1) is 15.0. The number of Topliss-reactive ketones (excluding diaryl/α,β-unsaturated/α-hetero) is 1. The smallest absolute Gasteiger partial charge is 0.159 e. The number of ether oxygens (including phenoxy) is 2. The number of hydrogen-bond acceptors (Lipinski definition) is 4. The van der Waals surface area contributed by atoms with Crippen molar-refractivity contribution < 1.29 is 14.3 Å². The first-order valence-electron chi connectivity index (χ1n) is 7.16. The number of nitrogens with zero attached hydrogens (tertiary/aromatic N) is 1. The predicted molar refractivity (Wildman–Crippen MR) is 78.4 cm³/mol. The molecule has 2 rings (SSSR count). The van der Waals surface area contributed by atoms with Crippen molar-refractivity contribution in [2.24, 2.45) is 0 Å². The van der Waals surface area contributed by atoms with Gasteiger partial charge in [0.15, 0.2) is 5.78 Å². The minimum atomic E-state index is 0.0614. The van der Waals surface area contributed by atoms with E-state index in [0.29, 0.717) is 12.2 Å². The summed E-state index contributed by atoms with van der Waals surface area (Å²) in [5.41, 5.74) is 0.691. The van der Waals surface area contributed by atoms with Crippen molar-refractivity contribution in [2.45, 2.75) is 33.0 Å². The Kier molecular flexibility index (Phi) is 5.15. The number of hydrogen-bond donors (Lipinski definition) is 0. The van der Waals surface area contributed by atoms with E-state index in [1.807, 2.05) is 12.1 Å². The average molecular weight is 277 g/mol. The van der Waals surface area contributed by atoms with E-state index in [9.17, 15) is 4.79 Å². The fourth-order valence-electron chi connectivity index (χ4n) is 2.56. The monoisotopic (exact) mass is 277 g/mol. The predicted octanol–water partition coefficient (Wildman–Crippen LogP) is 2.38. The Bertz CT molecular complexity index is 451. The van der Waals surface area contributed by atoms with Crippen molar-refractivity contribution >= 4 is 5.78 Å². The molecule has 0 aromatic heterocycles. The van der Waals surface area contributed by atoms with E-state index < -0.39 is 0 Å². The maximum absolute atomic E-state index is 11.3. The molecule has 1 aliphatic heterocycles. The summed E-state index contributed by atoms with van der Waals surface area (Å²) in [5, 5.41) is 0. The largest absolute Gasteiger partial charge is 0.492 e. The maximum atomic E-state index is 11.3. The van der Waals surface area contributed by atoms with Gasteiger partial charge in [-0.1, -0.05) is 12.1 Å². The molecule has 1 saturated heterocycles. The molecular formula is C16H23NO3. The number of benzene rings is 1. The molecule has 20 heavy (non-hydrogen) atoms. The lowest BCUT2D eigenvalue weighted by atomic mass is 10.1. The molecule has 2 atom stereocenters. The lowest BCUT2D eigenvalue weighted by Gasteiger charge is -2.35. The summed E-state index contributed by atoms with van der Waals surface area (Å²) < 4.78 is 11.4. The average Bonchev–Trinajstić information content (AvgIpc) is 2.38. The van der Waals surface area contributed by atoms with Crippen LogP contribution in [0.2, 0.25) is 0 Å². The second-order valence-corrected chi connectivity index (χ2v) is 5.45. The second-order valence-electron chi connectivity index (χ2n) is 5.45. The van der Waals surface area contributed by atoms with Gasteiger partial charge in [0, 0.05) is 25.2 Å². The molecule has 0 unspecified atom stereocenters. The number of rotatable bonds is 5. The van der Waals surface area contributed by atoms with Gasteiger partial charge >= 0.3 is 0 Å². The minimum Gasteiger partial charge on any atom is -0.492 e. The van der Waals surface area contributed by atoms with Gasteiger partial charge in [0.1, 0.15) is 12.4 Å². The van der Waals surface area contributed by atoms with Crippen molar-refractivity contribution in [3.8, 4) is 5.75 Å². The van der Waals surface area contributed by atoms with Gasteiger partial charge in [-0.15, -0.1) is 0 Å². The van der Waals surface area contributed by atoms with Crippen LogP contribution < -0.4 is 4.74 Å². The van der Waals surface area contributed by atoms with E-state index in [2.05, 4.69) is 18.7 Å². The van der Waals surface area contributed by atoms with Crippen LogP contribution in [0.1, 0.15) is 31.1 Å². The van der Waals surface area contributed by atoms with E-state index >= 15 is 0 Å². The Labute approximate surface area is 120 Å². The zero-order valence-corrected chi connectivity index (χ0v) is 12.5.